The number of aromatic carboxylic acids is 1. The number of carboxylic acid groups (broad SMARTS) is 1. The maximum Gasteiger partial charge on any atom is 0.357 e. The number of anilines is 1. The van der Waals surface area contributed by atoms with Crippen LogP contribution in [0.1, 0.15) is 23.3 Å². The average Bonchev–Trinajstić information content (AvgIpc) is 2.83. The largest absolute Gasteiger partial charge is 0.476 e. The van der Waals surface area contributed by atoms with Crippen LogP contribution in [0.5, 0.6) is 0 Å². The zero-order chi connectivity index (χ0) is 11.5. The van der Waals surface area contributed by atoms with Crippen LogP contribution in [0.3, 0.4) is 0 Å². The fourth-order valence-electron chi connectivity index (χ4n) is 1.57. The highest BCUT2D eigenvalue weighted by molar-refractivity contribution is 7.14. The van der Waals surface area contributed by atoms with Crippen molar-refractivity contribution in [2.24, 2.45) is 0 Å². The van der Waals surface area contributed by atoms with Gasteiger partial charge in [0.25, 0.3) is 0 Å². The third kappa shape index (κ3) is 2.30. The van der Waals surface area contributed by atoms with Crippen LogP contribution < -0.4 is 10.6 Å². The first-order valence-electron chi connectivity index (χ1n) is 4.87. The number of carboxylic acids is 1. The fourth-order valence-corrected chi connectivity index (χ4v) is 2.25. The van der Waals surface area contributed by atoms with E-state index >= 15 is 0 Å². The number of hydrogen-bond donors (Lipinski definition) is 3. The third-order valence-corrected chi connectivity index (χ3v) is 3.15. The number of nitrogens with zero attached hydrogens (tertiary/aromatic N) is 1. The number of carbonyl (C=O) groups is 2. The predicted octanol–water partition coefficient (Wildman–Crippen LogP) is 0.532. The van der Waals surface area contributed by atoms with Crippen molar-refractivity contribution in [1.82, 2.24) is 10.3 Å². The molecule has 3 N–H and O–H groups in total. The zero-order valence-corrected chi connectivity index (χ0v) is 9.21. The van der Waals surface area contributed by atoms with Crippen molar-refractivity contribution in [3.8, 4) is 0 Å². The maximum atomic E-state index is 10.9. The Kier molecular flexibility index (Phi) is 3.04. The summed E-state index contributed by atoms with van der Waals surface area (Å²) in [6.45, 7) is 0.536. The summed E-state index contributed by atoms with van der Waals surface area (Å²) in [5.41, 5.74) is 1.52. The molecule has 1 unspecified atom stereocenters. The van der Waals surface area contributed by atoms with Gasteiger partial charge in [0.2, 0.25) is 5.91 Å². The minimum atomic E-state index is -1.04. The molecule has 16 heavy (non-hydrogen) atoms. The highest BCUT2D eigenvalue weighted by atomic mass is 32.1. The van der Waals surface area contributed by atoms with E-state index in [1.54, 1.807) is 0 Å². The molecule has 1 fully saturated rings. The van der Waals surface area contributed by atoms with E-state index in [0.717, 1.165) is 6.42 Å². The summed E-state index contributed by atoms with van der Waals surface area (Å²) in [6.07, 6.45) is 1.33. The van der Waals surface area contributed by atoms with Gasteiger partial charge in [-0.15, -0.1) is 11.3 Å². The summed E-state index contributed by atoms with van der Waals surface area (Å²) >= 11 is 1.25. The summed E-state index contributed by atoms with van der Waals surface area (Å²) in [6, 6.07) is 0.0799. The van der Waals surface area contributed by atoms with Crippen LogP contribution in [0, 0.1) is 0 Å². The number of aromatic nitrogens is 1. The molecule has 6 nitrogen and oxygen atoms in total. The number of amides is 1. The van der Waals surface area contributed by atoms with Crippen molar-refractivity contribution < 1.29 is 14.7 Å². The van der Waals surface area contributed by atoms with Gasteiger partial charge >= 0.3 is 5.97 Å². The Balaban J connectivity index is 1.92. The van der Waals surface area contributed by atoms with E-state index in [1.807, 2.05) is 0 Å². The van der Waals surface area contributed by atoms with Crippen molar-refractivity contribution >= 4 is 28.2 Å². The molecule has 1 aromatic heterocycles. The summed E-state index contributed by atoms with van der Waals surface area (Å²) in [5, 5.41) is 15.2. The number of nitrogens with one attached hydrogen (secondary N) is 2. The molecule has 1 amide bonds. The van der Waals surface area contributed by atoms with Gasteiger partial charge in [0.05, 0.1) is 5.51 Å². The molecule has 1 saturated heterocycles. The lowest BCUT2D eigenvalue weighted by molar-refractivity contribution is -0.119. The van der Waals surface area contributed by atoms with Crippen LogP contribution in [-0.2, 0) is 4.79 Å². The fraction of sp³-hybridized carbons (Fsp3) is 0.444. The van der Waals surface area contributed by atoms with Crippen molar-refractivity contribution in [2.75, 3.05) is 11.9 Å². The van der Waals surface area contributed by atoms with Crippen molar-refractivity contribution in [3.63, 3.8) is 0 Å². The van der Waals surface area contributed by atoms with E-state index in [-0.39, 0.29) is 17.6 Å². The van der Waals surface area contributed by atoms with Crippen LogP contribution in [0.15, 0.2) is 5.51 Å². The second-order valence-electron chi connectivity index (χ2n) is 3.52. The van der Waals surface area contributed by atoms with Gasteiger partial charge in [-0.25, -0.2) is 9.78 Å². The molecular weight excluding hydrogens is 230 g/mol. The van der Waals surface area contributed by atoms with E-state index in [0.29, 0.717) is 18.0 Å². The van der Waals surface area contributed by atoms with Crippen molar-refractivity contribution in [1.29, 1.82) is 0 Å². The highest BCUT2D eigenvalue weighted by Crippen LogP contribution is 2.20. The molecule has 0 spiro atoms. The molecule has 2 rings (SSSR count). The van der Waals surface area contributed by atoms with Crippen molar-refractivity contribution in [3.05, 3.63) is 11.2 Å². The highest BCUT2D eigenvalue weighted by Gasteiger charge is 2.21. The van der Waals surface area contributed by atoms with Crippen molar-refractivity contribution in [2.45, 2.75) is 18.9 Å². The number of carbonyl (C=O) groups excluding carboxylic acids is 1. The Hall–Kier alpha value is -1.63. The lowest BCUT2D eigenvalue weighted by Crippen LogP contribution is -2.31. The van der Waals surface area contributed by atoms with Gasteiger partial charge < -0.3 is 15.7 Å². The standard InChI is InChI=1S/C9H11N3O3S/c13-6-2-1-5(12-6)3-10-8-7(9(14)15)11-4-16-8/h4-5,10H,1-3H2,(H,12,13)(H,14,15). The van der Waals surface area contributed by atoms with Crippen LogP contribution >= 0.6 is 11.3 Å². The molecule has 0 saturated carbocycles. The van der Waals surface area contributed by atoms with Gasteiger partial charge in [-0.3, -0.25) is 4.79 Å². The average molecular weight is 241 g/mol. The Labute approximate surface area is 95.7 Å². The summed E-state index contributed by atoms with van der Waals surface area (Å²) in [4.78, 5) is 25.5. The first-order chi connectivity index (χ1) is 7.66. The molecule has 0 bridgehead atoms. The second kappa shape index (κ2) is 4.48. The first kappa shape index (κ1) is 10.9. The minimum absolute atomic E-state index is 0.0364. The molecular formula is C9H11N3O3S. The molecule has 7 heteroatoms. The Morgan fingerprint density at radius 2 is 2.56 bits per heavy atom. The molecule has 2 heterocycles. The van der Waals surface area contributed by atoms with Crippen LogP contribution in [0.2, 0.25) is 0 Å². The summed E-state index contributed by atoms with van der Waals surface area (Å²) < 4.78 is 0. The SMILES string of the molecule is O=C1CCC(CNc2scnc2C(=O)O)N1. The predicted molar refractivity (Wildman–Crippen MR) is 58.7 cm³/mol. The van der Waals surface area contributed by atoms with Crippen LogP contribution in [-0.4, -0.2) is 34.6 Å². The molecule has 1 aliphatic heterocycles. The van der Waals surface area contributed by atoms with Gasteiger partial charge in [0.15, 0.2) is 5.69 Å². The van der Waals surface area contributed by atoms with Crippen LogP contribution in [0.4, 0.5) is 5.00 Å². The van der Waals surface area contributed by atoms with Gasteiger partial charge in [-0.1, -0.05) is 0 Å². The monoisotopic (exact) mass is 241 g/mol. The number of rotatable bonds is 4. The lowest BCUT2D eigenvalue weighted by atomic mass is 10.2. The first-order valence-corrected chi connectivity index (χ1v) is 5.75. The zero-order valence-electron chi connectivity index (χ0n) is 8.40. The summed E-state index contributed by atoms with van der Waals surface area (Å²) in [7, 11) is 0. The van der Waals surface area contributed by atoms with E-state index in [2.05, 4.69) is 15.6 Å². The van der Waals surface area contributed by atoms with Crippen LogP contribution in [0.25, 0.3) is 0 Å². The molecule has 0 radical (unpaired) electrons. The number of thiazole rings is 1. The van der Waals surface area contributed by atoms with E-state index in [4.69, 9.17) is 5.11 Å². The normalized spacial score (nSPS) is 19.5. The van der Waals surface area contributed by atoms with Gasteiger partial charge in [-0.05, 0) is 6.42 Å². The molecule has 0 aromatic carbocycles. The Bertz CT molecular complexity index is 418. The second-order valence-corrected chi connectivity index (χ2v) is 4.37. The topological polar surface area (TPSA) is 91.3 Å². The Morgan fingerprint density at radius 1 is 1.75 bits per heavy atom. The van der Waals surface area contributed by atoms with E-state index in [9.17, 15) is 9.59 Å². The molecule has 1 aliphatic rings. The summed E-state index contributed by atoms with van der Waals surface area (Å²) in [5.74, 6) is -0.992. The minimum Gasteiger partial charge on any atom is -0.476 e. The Morgan fingerprint density at radius 3 is 3.19 bits per heavy atom. The van der Waals surface area contributed by atoms with E-state index in [1.165, 1.54) is 16.8 Å². The van der Waals surface area contributed by atoms with Gasteiger partial charge in [0.1, 0.15) is 5.00 Å². The molecule has 1 atom stereocenters. The lowest BCUT2D eigenvalue weighted by Gasteiger charge is -2.10. The van der Waals surface area contributed by atoms with Gasteiger partial charge in [0, 0.05) is 19.0 Å². The molecule has 1 aromatic rings. The third-order valence-electron chi connectivity index (χ3n) is 2.36. The van der Waals surface area contributed by atoms with E-state index < -0.39 is 5.97 Å². The maximum absolute atomic E-state index is 10.9. The van der Waals surface area contributed by atoms with Gasteiger partial charge in [-0.2, -0.15) is 0 Å². The molecule has 86 valence electrons. The molecule has 0 aliphatic carbocycles. The quantitative estimate of drug-likeness (QED) is 0.715. The smallest absolute Gasteiger partial charge is 0.357 e. The number of hydrogen-bond acceptors (Lipinski definition) is 5.